The van der Waals surface area contributed by atoms with Gasteiger partial charge in [-0.05, 0) is 6.07 Å². The molecule has 112 valence electrons. The van der Waals surface area contributed by atoms with Crippen molar-refractivity contribution in [3.05, 3.63) is 47.5 Å². The van der Waals surface area contributed by atoms with E-state index in [0.29, 0.717) is 28.4 Å². The third kappa shape index (κ3) is 3.34. The largest absolute Gasteiger partial charge is 0.493 e. The highest BCUT2D eigenvalue weighted by Crippen LogP contribution is 2.35. The molecule has 2 rings (SSSR count). The second kappa shape index (κ2) is 6.30. The van der Waals surface area contributed by atoms with Gasteiger partial charge in [-0.2, -0.15) is 0 Å². The summed E-state index contributed by atoms with van der Waals surface area (Å²) in [4.78, 5) is 0. The Bertz CT molecular complexity index is 648. The van der Waals surface area contributed by atoms with E-state index in [1.165, 1.54) is 26.4 Å². The summed E-state index contributed by atoms with van der Waals surface area (Å²) in [7, 11) is 3.02. The van der Waals surface area contributed by atoms with E-state index in [1.54, 1.807) is 12.1 Å². The smallest absolute Gasteiger partial charge is 0.162 e. The summed E-state index contributed by atoms with van der Waals surface area (Å²) in [6.07, 6.45) is 0. The van der Waals surface area contributed by atoms with Gasteiger partial charge in [0.2, 0.25) is 0 Å². The molecule has 3 N–H and O–H groups in total. The number of halogens is 2. The summed E-state index contributed by atoms with van der Waals surface area (Å²) in [6.45, 7) is 0.172. The van der Waals surface area contributed by atoms with Crippen LogP contribution in [0.1, 0.15) is 5.56 Å². The van der Waals surface area contributed by atoms with Crippen LogP contribution in [0.4, 0.5) is 20.2 Å². The van der Waals surface area contributed by atoms with E-state index in [4.69, 9.17) is 15.2 Å². The van der Waals surface area contributed by atoms with E-state index in [-0.39, 0.29) is 6.54 Å². The Kier molecular flexibility index (Phi) is 4.47. The van der Waals surface area contributed by atoms with Crippen LogP contribution in [0.3, 0.4) is 0 Å². The molecule has 0 bridgehead atoms. The van der Waals surface area contributed by atoms with E-state index in [9.17, 15) is 8.78 Å². The number of benzene rings is 2. The molecule has 0 atom stereocenters. The van der Waals surface area contributed by atoms with Crippen LogP contribution in [0.5, 0.6) is 11.5 Å². The van der Waals surface area contributed by atoms with E-state index >= 15 is 0 Å². The first-order valence-electron chi connectivity index (χ1n) is 6.24. The van der Waals surface area contributed by atoms with Crippen molar-refractivity contribution < 1.29 is 18.3 Å². The molecular formula is C15H16F2N2O2. The lowest BCUT2D eigenvalue weighted by atomic mass is 10.2. The lowest BCUT2D eigenvalue weighted by molar-refractivity contribution is 0.355. The summed E-state index contributed by atoms with van der Waals surface area (Å²) < 4.78 is 36.7. The molecule has 0 aliphatic rings. The minimum absolute atomic E-state index is 0.172. The number of anilines is 2. The summed E-state index contributed by atoms with van der Waals surface area (Å²) in [5.74, 6) is -0.203. The Balaban J connectivity index is 2.19. The van der Waals surface area contributed by atoms with Crippen molar-refractivity contribution in [3.63, 3.8) is 0 Å². The van der Waals surface area contributed by atoms with E-state index < -0.39 is 11.6 Å². The quantitative estimate of drug-likeness (QED) is 0.832. The summed E-state index contributed by atoms with van der Waals surface area (Å²) in [5, 5.41) is 2.99. The van der Waals surface area contributed by atoms with Crippen molar-refractivity contribution in [2.45, 2.75) is 6.54 Å². The number of ether oxygens (including phenoxy) is 2. The predicted molar refractivity (Wildman–Crippen MR) is 77.6 cm³/mol. The van der Waals surface area contributed by atoms with Crippen LogP contribution < -0.4 is 20.5 Å². The molecule has 2 aromatic rings. The molecule has 0 fully saturated rings. The first-order chi connectivity index (χ1) is 10.0. The first-order valence-corrected chi connectivity index (χ1v) is 6.24. The molecule has 0 saturated carbocycles. The average Bonchev–Trinajstić information content (AvgIpc) is 2.47. The molecule has 0 unspecified atom stereocenters. The van der Waals surface area contributed by atoms with Gasteiger partial charge >= 0.3 is 0 Å². The van der Waals surface area contributed by atoms with Gasteiger partial charge in [-0.15, -0.1) is 0 Å². The molecule has 4 nitrogen and oxygen atoms in total. The Labute approximate surface area is 121 Å². The summed E-state index contributed by atoms with van der Waals surface area (Å²) >= 11 is 0. The molecule has 0 aliphatic carbocycles. The molecule has 0 amide bonds. The highest BCUT2D eigenvalue weighted by Gasteiger charge is 2.10. The lowest BCUT2D eigenvalue weighted by Gasteiger charge is -2.14. The molecule has 21 heavy (non-hydrogen) atoms. The maximum atomic E-state index is 13.6. The first kappa shape index (κ1) is 14.9. The zero-order valence-electron chi connectivity index (χ0n) is 11.7. The van der Waals surface area contributed by atoms with Crippen molar-refractivity contribution in [2.24, 2.45) is 0 Å². The van der Waals surface area contributed by atoms with Gasteiger partial charge in [-0.1, -0.05) is 6.07 Å². The van der Waals surface area contributed by atoms with Gasteiger partial charge in [0.1, 0.15) is 11.6 Å². The maximum absolute atomic E-state index is 13.6. The fourth-order valence-electron chi connectivity index (χ4n) is 1.90. The van der Waals surface area contributed by atoms with Crippen LogP contribution in [0.15, 0.2) is 30.3 Å². The zero-order chi connectivity index (χ0) is 15.4. The number of nitrogen functional groups attached to an aromatic ring is 1. The van der Waals surface area contributed by atoms with Crippen molar-refractivity contribution >= 4 is 11.4 Å². The second-order valence-corrected chi connectivity index (χ2v) is 4.38. The third-order valence-corrected chi connectivity index (χ3v) is 3.04. The normalized spacial score (nSPS) is 10.3. The lowest BCUT2D eigenvalue weighted by Crippen LogP contribution is -2.05. The number of hydrogen-bond donors (Lipinski definition) is 2. The standard InChI is InChI=1S/C15H16F2N2O2/c1-20-14-6-12(18)13(7-15(14)21-2)19-8-9-3-4-10(16)5-11(9)17/h3-7,19H,8,18H2,1-2H3. The monoisotopic (exact) mass is 294 g/mol. The predicted octanol–water partition coefficient (Wildman–Crippen LogP) is 3.18. The SMILES string of the molecule is COc1cc(N)c(NCc2ccc(F)cc2F)cc1OC. The Morgan fingerprint density at radius 2 is 1.71 bits per heavy atom. The fraction of sp³-hybridized carbons (Fsp3) is 0.200. The number of nitrogens with one attached hydrogen (secondary N) is 1. The van der Waals surface area contributed by atoms with Crippen LogP contribution in [0, 0.1) is 11.6 Å². The van der Waals surface area contributed by atoms with Crippen LogP contribution in [-0.4, -0.2) is 14.2 Å². The van der Waals surface area contributed by atoms with Crippen molar-refractivity contribution in [1.82, 2.24) is 0 Å². The minimum Gasteiger partial charge on any atom is -0.493 e. The van der Waals surface area contributed by atoms with Crippen molar-refractivity contribution in [2.75, 3.05) is 25.3 Å². The highest BCUT2D eigenvalue weighted by molar-refractivity contribution is 5.72. The second-order valence-electron chi connectivity index (χ2n) is 4.38. The minimum atomic E-state index is -0.610. The number of hydrogen-bond acceptors (Lipinski definition) is 4. The van der Waals surface area contributed by atoms with Crippen LogP contribution >= 0.6 is 0 Å². The van der Waals surface area contributed by atoms with Crippen molar-refractivity contribution in [1.29, 1.82) is 0 Å². The maximum Gasteiger partial charge on any atom is 0.162 e. The van der Waals surface area contributed by atoms with Crippen LogP contribution in [0.2, 0.25) is 0 Å². The third-order valence-electron chi connectivity index (χ3n) is 3.04. The molecule has 0 aromatic heterocycles. The average molecular weight is 294 g/mol. The topological polar surface area (TPSA) is 56.5 Å². The molecule has 0 saturated heterocycles. The highest BCUT2D eigenvalue weighted by atomic mass is 19.1. The van der Waals surface area contributed by atoms with Gasteiger partial charge in [0.25, 0.3) is 0 Å². The van der Waals surface area contributed by atoms with Gasteiger partial charge in [0, 0.05) is 30.3 Å². The zero-order valence-corrected chi connectivity index (χ0v) is 11.7. The number of nitrogens with two attached hydrogens (primary N) is 1. The van der Waals surface area contributed by atoms with Crippen LogP contribution in [-0.2, 0) is 6.54 Å². The summed E-state index contributed by atoms with van der Waals surface area (Å²) in [5.41, 5.74) is 7.25. The molecule has 0 spiro atoms. The van der Waals surface area contributed by atoms with Gasteiger partial charge in [0.05, 0.1) is 25.6 Å². The molecule has 0 aliphatic heterocycles. The number of rotatable bonds is 5. The van der Waals surface area contributed by atoms with Crippen molar-refractivity contribution in [3.8, 4) is 11.5 Å². The van der Waals surface area contributed by atoms with E-state index in [2.05, 4.69) is 5.32 Å². The molecular weight excluding hydrogens is 278 g/mol. The molecule has 0 heterocycles. The van der Waals surface area contributed by atoms with Gasteiger partial charge in [0.15, 0.2) is 11.5 Å². The fourth-order valence-corrected chi connectivity index (χ4v) is 1.90. The Morgan fingerprint density at radius 3 is 2.33 bits per heavy atom. The Hall–Kier alpha value is -2.50. The van der Waals surface area contributed by atoms with Crippen LogP contribution in [0.25, 0.3) is 0 Å². The van der Waals surface area contributed by atoms with Gasteiger partial charge in [-0.3, -0.25) is 0 Å². The van der Waals surface area contributed by atoms with E-state index in [1.807, 2.05) is 0 Å². The number of methoxy groups -OCH3 is 2. The van der Waals surface area contributed by atoms with Gasteiger partial charge < -0.3 is 20.5 Å². The summed E-state index contributed by atoms with van der Waals surface area (Å²) in [6, 6.07) is 6.71. The molecule has 2 aromatic carbocycles. The molecule has 0 radical (unpaired) electrons. The Morgan fingerprint density at radius 1 is 1.05 bits per heavy atom. The van der Waals surface area contributed by atoms with Gasteiger partial charge in [-0.25, -0.2) is 8.78 Å². The van der Waals surface area contributed by atoms with E-state index in [0.717, 1.165) is 6.07 Å². The molecule has 6 heteroatoms.